The predicted octanol–water partition coefficient (Wildman–Crippen LogP) is 6.09. The number of carboxylic acids is 1. The fourth-order valence-electron chi connectivity index (χ4n) is 2.98. The topological polar surface area (TPSA) is 75.6 Å². The number of aromatic carboxylic acids is 1. The summed E-state index contributed by atoms with van der Waals surface area (Å²) in [7, 11) is 0. The molecule has 1 amide bonds. The molecule has 2 N–H and O–H groups in total. The van der Waals surface area contributed by atoms with Crippen LogP contribution in [0.1, 0.15) is 21.5 Å². The molecule has 0 unspecified atom stereocenters. The van der Waals surface area contributed by atoms with Gasteiger partial charge in [-0.25, -0.2) is 4.79 Å². The molecule has 0 aliphatic carbocycles. The lowest BCUT2D eigenvalue weighted by Crippen LogP contribution is -2.03. The largest absolute Gasteiger partial charge is 0.478 e. The van der Waals surface area contributed by atoms with Crippen LogP contribution >= 0.6 is 27.5 Å². The first-order valence-corrected chi connectivity index (χ1v) is 9.71. The number of hydrogen-bond donors (Lipinski definition) is 2. The minimum absolute atomic E-state index is 0.174. The molecule has 0 radical (unpaired) electrons. The van der Waals surface area contributed by atoms with E-state index in [0.29, 0.717) is 33.3 Å². The molecule has 0 fully saturated rings. The lowest BCUT2D eigenvalue weighted by atomic mass is 10.0. The van der Waals surface area contributed by atoms with Gasteiger partial charge in [-0.05, 0) is 60.7 Å². The molecule has 7 heteroatoms. The van der Waals surface area contributed by atoms with Gasteiger partial charge in [0, 0.05) is 26.2 Å². The highest BCUT2D eigenvalue weighted by Crippen LogP contribution is 2.37. The van der Waals surface area contributed by atoms with Gasteiger partial charge in [0.2, 0.25) is 0 Å². The minimum atomic E-state index is -1.00. The van der Waals surface area contributed by atoms with Gasteiger partial charge in [-0.15, -0.1) is 0 Å². The van der Waals surface area contributed by atoms with E-state index in [1.165, 1.54) is 12.1 Å². The number of carbonyl (C=O) groups is 2. The summed E-state index contributed by atoms with van der Waals surface area (Å²) in [4.78, 5) is 23.5. The maximum Gasteiger partial charge on any atom is 0.335 e. The second kappa shape index (κ2) is 7.73. The van der Waals surface area contributed by atoms with Crippen molar-refractivity contribution in [3.05, 3.63) is 86.8 Å². The van der Waals surface area contributed by atoms with E-state index in [1.54, 1.807) is 42.5 Å². The Kier molecular flexibility index (Phi) is 5.13. The molecule has 4 rings (SSSR count). The number of rotatable bonds is 4. The summed E-state index contributed by atoms with van der Waals surface area (Å²) in [5.41, 5.74) is 2.79. The second-order valence-corrected chi connectivity index (χ2v) is 7.67. The monoisotopic (exact) mass is 469 g/mol. The molecule has 144 valence electrons. The Morgan fingerprint density at radius 3 is 2.55 bits per heavy atom. The number of ether oxygens (including phenoxy) is 1. The summed E-state index contributed by atoms with van der Waals surface area (Å²) in [5.74, 6) is -0.213. The first-order valence-electron chi connectivity index (χ1n) is 8.54. The van der Waals surface area contributed by atoms with E-state index in [9.17, 15) is 9.59 Å². The van der Waals surface area contributed by atoms with E-state index < -0.39 is 5.97 Å². The molecule has 0 saturated heterocycles. The van der Waals surface area contributed by atoms with Crippen molar-refractivity contribution in [3.8, 4) is 11.5 Å². The average molecular weight is 471 g/mol. The van der Waals surface area contributed by atoms with Gasteiger partial charge in [-0.3, -0.25) is 4.79 Å². The summed E-state index contributed by atoms with van der Waals surface area (Å²) in [5, 5.41) is 12.4. The van der Waals surface area contributed by atoms with Gasteiger partial charge in [-0.2, -0.15) is 0 Å². The number of nitrogens with one attached hydrogen (secondary N) is 1. The number of carboxylic acid groups (broad SMARTS) is 1. The Balaban J connectivity index is 1.72. The second-order valence-electron chi connectivity index (χ2n) is 6.32. The molecule has 0 bridgehead atoms. The molecule has 0 aromatic heterocycles. The number of carbonyl (C=O) groups excluding carboxylic acids is 1. The van der Waals surface area contributed by atoms with Crippen molar-refractivity contribution in [2.75, 3.05) is 5.32 Å². The van der Waals surface area contributed by atoms with Crippen LogP contribution in [0.25, 0.3) is 11.6 Å². The zero-order valence-corrected chi connectivity index (χ0v) is 17.1. The lowest BCUT2D eigenvalue weighted by molar-refractivity contribution is -0.110. The number of hydrogen-bond acceptors (Lipinski definition) is 3. The normalized spacial score (nSPS) is 13.9. The van der Waals surface area contributed by atoms with Crippen LogP contribution in [0, 0.1) is 0 Å². The van der Waals surface area contributed by atoms with Crippen molar-refractivity contribution in [1.29, 1.82) is 0 Å². The fourth-order valence-corrected chi connectivity index (χ4v) is 3.53. The van der Waals surface area contributed by atoms with Crippen molar-refractivity contribution < 1.29 is 19.4 Å². The smallest absolute Gasteiger partial charge is 0.335 e. The molecule has 1 heterocycles. The van der Waals surface area contributed by atoms with Crippen LogP contribution in [0.4, 0.5) is 5.69 Å². The Hall–Kier alpha value is -3.09. The SMILES string of the molecule is O=C1Nc2cc(Cl)ccc2/C1=C/c1cc(Br)ccc1Oc1ccc(C(=O)O)cc1. The molecule has 0 atom stereocenters. The van der Waals surface area contributed by atoms with Crippen LogP contribution in [0.15, 0.2) is 65.1 Å². The van der Waals surface area contributed by atoms with E-state index in [2.05, 4.69) is 21.2 Å². The lowest BCUT2D eigenvalue weighted by Gasteiger charge is -2.10. The highest BCUT2D eigenvalue weighted by Gasteiger charge is 2.24. The van der Waals surface area contributed by atoms with Crippen LogP contribution in [0.3, 0.4) is 0 Å². The number of fused-ring (bicyclic) bond motifs is 1. The zero-order chi connectivity index (χ0) is 20.5. The van der Waals surface area contributed by atoms with Crippen molar-refractivity contribution >= 4 is 56.7 Å². The molecule has 29 heavy (non-hydrogen) atoms. The van der Waals surface area contributed by atoms with E-state index in [0.717, 1.165) is 10.0 Å². The summed E-state index contributed by atoms with van der Waals surface area (Å²) >= 11 is 9.46. The van der Waals surface area contributed by atoms with E-state index in [4.69, 9.17) is 21.4 Å². The van der Waals surface area contributed by atoms with E-state index in [-0.39, 0.29) is 11.5 Å². The first-order chi connectivity index (χ1) is 13.9. The van der Waals surface area contributed by atoms with Crippen molar-refractivity contribution in [1.82, 2.24) is 0 Å². The molecule has 3 aromatic rings. The maximum atomic E-state index is 12.5. The molecule has 1 aliphatic heterocycles. The quantitative estimate of drug-likeness (QED) is 0.453. The van der Waals surface area contributed by atoms with Crippen LogP contribution in [0.5, 0.6) is 11.5 Å². The van der Waals surface area contributed by atoms with Gasteiger partial charge in [0.25, 0.3) is 5.91 Å². The summed E-state index contributed by atoms with van der Waals surface area (Å²) < 4.78 is 6.77. The Morgan fingerprint density at radius 1 is 1.07 bits per heavy atom. The molecular weight excluding hydrogens is 458 g/mol. The van der Waals surface area contributed by atoms with Gasteiger partial charge in [0.1, 0.15) is 11.5 Å². The molecule has 0 saturated carbocycles. The van der Waals surface area contributed by atoms with Gasteiger partial charge < -0.3 is 15.2 Å². The number of benzene rings is 3. The molecule has 1 aliphatic rings. The minimum Gasteiger partial charge on any atom is -0.478 e. The average Bonchev–Trinajstić information content (AvgIpc) is 2.98. The Morgan fingerprint density at radius 2 is 1.83 bits per heavy atom. The van der Waals surface area contributed by atoms with Gasteiger partial charge in [0.15, 0.2) is 0 Å². The fraction of sp³-hybridized carbons (Fsp3) is 0. The van der Waals surface area contributed by atoms with Crippen molar-refractivity contribution in [2.24, 2.45) is 0 Å². The zero-order valence-electron chi connectivity index (χ0n) is 14.8. The van der Waals surface area contributed by atoms with E-state index >= 15 is 0 Å². The first kappa shape index (κ1) is 19.2. The Labute approximate surface area is 179 Å². The number of anilines is 1. The van der Waals surface area contributed by atoms with Gasteiger partial charge in [-0.1, -0.05) is 33.6 Å². The Bertz CT molecular complexity index is 1170. The van der Waals surface area contributed by atoms with Crippen LogP contribution in [-0.2, 0) is 4.79 Å². The van der Waals surface area contributed by atoms with Crippen LogP contribution in [-0.4, -0.2) is 17.0 Å². The highest BCUT2D eigenvalue weighted by atomic mass is 79.9. The molecule has 0 spiro atoms. The highest BCUT2D eigenvalue weighted by molar-refractivity contribution is 9.10. The summed E-state index contributed by atoms with van der Waals surface area (Å²) in [6, 6.07) is 16.8. The summed E-state index contributed by atoms with van der Waals surface area (Å²) in [6.07, 6.45) is 1.75. The third kappa shape index (κ3) is 4.04. The number of halogens is 2. The molecule has 3 aromatic carbocycles. The number of amides is 1. The van der Waals surface area contributed by atoms with Gasteiger partial charge >= 0.3 is 5.97 Å². The maximum absolute atomic E-state index is 12.5. The third-order valence-corrected chi connectivity index (χ3v) is 5.09. The van der Waals surface area contributed by atoms with Crippen LogP contribution < -0.4 is 10.1 Å². The van der Waals surface area contributed by atoms with Crippen molar-refractivity contribution in [2.45, 2.75) is 0 Å². The third-order valence-electron chi connectivity index (χ3n) is 4.37. The van der Waals surface area contributed by atoms with Gasteiger partial charge in [0.05, 0.1) is 11.3 Å². The summed E-state index contributed by atoms with van der Waals surface area (Å²) in [6.45, 7) is 0. The van der Waals surface area contributed by atoms with E-state index in [1.807, 2.05) is 12.1 Å². The van der Waals surface area contributed by atoms with Crippen molar-refractivity contribution in [3.63, 3.8) is 0 Å². The molecular formula is C22H13BrClNO4. The predicted molar refractivity (Wildman–Crippen MR) is 116 cm³/mol. The molecule has 5 nitrogen and oxygen atoms in total. The standard InChI is InChI=1S/C22H13BrClNO4/c23-14-3-8-20(29-16-5-1-12(2-6-16)22(27)28)13(9-14)10-18-17-7-4-15(24)11-19(17)25-21(18)26/h1-11H,(H,25,26)(H,27,28)/b18-10-. The van der Waals surface area contributed by atoms with Crippen LogP contribution in [0.2, 0.25) is 5.02 Å².